The van der Waals surface area contributed by atoms with Crippen molar-refractivity contribution in [3.05, 3.63) is 52.4 Å². The molecular weight excluding hydrogens is 272 g/mol. The molecule has 1 amide bonds. The van der Waals surface area contributed by atoms with Crippen molar-refractivity contribution in [3.8, 4) is 11.5 Å². The number of benzene rings is 1. The summed E-state index contributed by atoms with van der Waals surface area (Å²) in [5.74, 6) is 0.587. The molecular formula is C15H16N2O4. The third-order valence-electron chi connectivity index (χ3n) is 3.00. The minimum Gasteiger partial charge on any atom is -0.497 e. The number of aromatic nitrogens is 1. The summed E-state index contributed by atoms with van der Waals surface area (Å²) < 4.78 is 11.5. The van der Waals surface area contributed by atoms with Crippen molar-refractivity contribution in [1.29, 1.82) is 0 Å². The highest BCUT2D eigenvalue weighted by molar-refractivity contribution is 6.06. The molecule has 1 heterocycles. The van der Waals surface area contributed by atoms with Crippen molar-refractivity contribution >= 4 is 11.6 Å². The van der Waals surface area contributed by atoms with E-state index in [0.717, 1.165) is 0 Å². The number of hydrogen-bond donors (Lipinski definition) is 1. The molecule has 0 aliphatic carbocycles. The number of anilines is 1. The molecule has 1 aromatic carbocycles. The zero-order valence-corrected chi connectivity index (χ0v) is 12.0. The summed E-state index contributed by atoms with van der Waals surface area (Å²) in [7, 11) is 4.56. The van der Waals surface area contributed by atoms with Gasteiger partial charge in [-0.15, -0.1) is 0 Å². The monoisotopic (exact) mass is 288 g/mol. The molecule has 0 saturated heterocycles. The third kappa shape index (κ3) is 3.22. The number of amides is 1. The van der Waals surface area contributed by atoms with Crippen LogP contribution in [-0.4, -0.2) is 24.7 Å². The predicted octanol–water partition coefficient (Wildman–Crippen LogP) is 1.65. The first kappa shape index (κ1) is 14.6. The SMILES string of the molecule is COc1ccc(NC(=O)c2cn(C)c(=O)cc2OC)cc1. The van der Waals surface area contributed by atoms with Crippen LogP contribution < -0.4 is 20.3 Å². The van der Waals surface area contributed by atoms with Gasteiger partial charge >= 0.3 is 0 Å². The number of carbonyl (C=O) groups is 1. The zero-order valence-electron chi connectivity index (χ0n) is 12.0. The molecule has 0 aliphatic rings. The summed E-state index contributed by atoms with van der Waals surface area (Å²) in [6.07, 6.45) is 1.44. The molecule has 21 heavy (non-hydrogen) atoms. The molecule has 1 N–H and O–H groups in total. The number of nitrogens with zero attached hydrogens (tertiary/aromatic N) is 1. The second-order valence-corrected chi connectivity index (χ2v) is 4.39. The lowest BCUT2D eigenvalue weighted by molar-refractivity contribution is 0.102. The van der Waals surface area contributed by atoms with Crippen LogP contribution in [0.2, 0.25) is 0 Å². The number of ether oxygens (including phenoxy) is 2. The van der Waals surface area contributed by atoms with E-state index in [1.807, 2.05) is 0 Å². The first-order chi connectivity index (χ1) is 10.0. The summed E-state index contributed by atoms with van der Waals surface area (Å²) in [6.45, 7) is 0. The maximum Gasteiger partial charge on any atom is 0.260 e. The average molecular weight is 288 g/mol. The first-order valence-corrected chi connectivity index (χ1v) is 6.25. The fourth-order valence-electron chi connectivity index (χ4n) is 1.82. The molecule has 0 spiro atoms. The summed E-state index contributed by atoms with van der Waals surface area (Å²) >= 11 is 0. The van der Waals surface area contributed by atoms with Crippen LogP contribution in [0.5, 0.6) is 11.5 Å². The molecule has 0 bridgehead atoms. The van der Waals surface area contributed by atoms with Crippen LogP contribution in [0.15, 0.2) is 41.3 Å². The van der Waals surface area contributed by atoms with Gasteiger partial charge in [0, 0.05) is 25.0 Å². The number of rotatable bonds is 4. The molecule has 0 atom stereocenters. The molecule has 0 radical (unpaired) electrons. The van der Waals surface area contributed by atoms with E-state index in [2.05, 4.69) is 5.32 Å². The van der Waals surface area contributed by atoms with Crippen LogP contribution >= 0.6 is 0 Å². The van der Waals surface area contributed by atoms with E-state index in [-0.39, 0.29) is 22.8 Å². The molecule has 6 nitrogen and oxygen atoms in total. The lowest BCUT2D eigenvalue weighted by Crippen LogP contribution is -2.21. The minimum atomic E-state index is -0.354. The number of hydrogen-bond acceptors (Lipinski definition) is 4. The fraction of sp³-hybridized carbons (Fsp3) is 0.200. The van der Waals surface area contributed by atoms with E-state index >= 15 is 0 Å². The van der Waals surface area contributed by atoms with Gasteiger partial charge in [-0.2, -0.15) is 0 Å². The largest absolute Gasteiger partial charge is 0.497 e. The highest BCUT2D eigenvalue weighted by Crippen LogP contribution is 2.19. The molecule has 6 heteroatoms. The Morgan fingerprint density at radius 1 is 1.14 bits per heavy atom. The molecule has 0 saturated carbocycles. The van der Waals surface area contributed by atoms with Crippen LogP contribution in [-0.2, 0) is 7.05 Å². The Morgan fingerprint density at radius 3 is 2.38 bits per heavy atom. The lowest BCUT2D eigenvalue weighted by Gasteiger charge is -2.10. The van der Waals surface area contributed by atoms with E-state index < -0.39 is 0 Å². The number of aryl methyl sites for hydroxylation is 1. The minimum absolute atomic E-state index is 0.240. The Balaban J connectivity index is 2.27. The van der Waals surface area contributed by atoms with Crippen LogP contribution in [0, 0.1) is 0 Å². The smallest absolute Gasteiger partial charge is 0.260 e. The highest BCUT2D eigenvalue weighted by atomic mass is 16.5. The van der Waals surface area contributed by atoms with Crippen LogP contribution in [0.25, 0.3) is 0 Å². The molecule has 2 aromatic rings. The van der Waals surface area contributed by atoms with E-state index in [1.54, 1.807) is 38.4 Å². The Kier molecular flexibility index (Phi) is 4.27. The van der Waals surface area contributed by atoms with Crippen molar-refractivity contribution in [3.63, 3.8) is 0 Å². The number of nitrogens with one attached hydrogen (secondary N) is 1. The Hall–Kier alpha value is -2.76. The van der Waals surface area contributed by atoms with Crippen molar-refractivity contribution in [2.45, 2.75) is 0 Å². The summed E-state index contributed by atoms with van der Waals surface area (Å²) in [6, 6.07) is 8.22. The van der Waals surface area contributed by atoms with Gasteiger partial charge in [0.25, 0.3) is 11.5 Å². The summed E-state index contributed by atoms with van der Waals surface area (Å²) in [5, 5.41) is 2.74. The van der Waals surface area contributed by atoms with E-state index in [9.17, 15) is 9.59 Å². The maximum atomic E-state index is 12.3. The zero-order chi connectivity index (χ0) is 15.4. The molecule has 0 aliphatic heterocycles. The molecule has 1 aromatic heterocycles. The van der Waals surface area contributed by atoms with Gasteiger partial charge in [-0.25, -0.2) is 0 Å². The number of pyridine rings is 1. The van der Waals surface area contributed by atoms with Gasteiger partial charge in [0.2, 0.25) is 0 Å². The predicted molar refractivity (Wildman–Crippen MR) is 79.2 cm³/mol. The fourth-order valence-corrected chi connectivity index (χ4v) is 1.82. The Bertz CT molecular complexity index is 705. The third-order valence-corrected chi connectivity index (χ3v) is 3.00. The molecule has 0 fully saturated rings. The van der Waals surface area contributed by atoms with Crippen LogP contribution in [0.3, 0.4) is 0 Å². The molecule has 110 valence electrons. The Labute approximate surface area is 121 Å². The molecule has 0 unspecified atom stereocenters. The van der Waals surface area contributed by atoms with Gasteiger partial charge < -0.3 is 19.4 Å². The van der Waals surface area contributed by atoms with Gasteiger partial charge in [0.05, 0.1) is 19.8 Å². The second-order valence-electron chi connectivity index (χ2n) is 4.39. The van der Waals surface area contributed by atoms with E-state index in [1.165, 1.54) is 23.9 Å². The molecule has 2 rings (SSSR count). The van der Waals surface area contributed by atoms with Crippen molar-refractivity contribution < 1.29 is 14.3 Å². The van der Waals surface area contributed by atoms with Gasteiger partial charge in [-0.1, -0.05) is 0 Å². The highest BCUT2D eigenvalue weighted by Gasteiger charge is 2.14. The average Bonchev–Trinajstić information content (AvgIpc) is 2.50. The van der Waals surface area contributed by atoms with Crippen molar-refractivity contribution in [1.82, 2.24) is 4.57 Å². The van der Waals surface area contributed by atoms with E-state index in [0.29, 0.717) is 11.4 Å². The van der Waals surface area contributed by atoms with Crippen molar-refractivity contribution in [2.24, 2.45) is 7.05 Å². The van der Waals surface area contributed by atoms with Crippen molar-refractivity contribution in [2.75, 3.05) is 19.5 Å². The number of methoxy groups -OCH3 is 2. The first-order valence-electron chi connectivity index (χ1n) is 6.25. The van der Waals surface area contributed by atoms with Crippen LogP contribution in [0.4, 0.5) is 5.69 Å². The summed E-state index contributed by atoms with van der Waals surface area (Å²) in [4.78, 5) is 23.8. The quantitative estimate of drug-likeness (QED) is 0.929. The van der Waals surface area contributed by atoms with Gasteiger partial charge in [0.1, 0.15) is 11.5 Å². The van der Waals surface area contributed by atoms with Gasteiger partial charge in [-0.05, 0) is 24.3 Å². The maximum absolute atomic E-state index is 12.3. The van der Waals surface area contributed by atoms with E-state index in [4.69, 9.17) is 9.47 Å². The second kappa shape index (κ2) is 6.13. The summed E-state index contributed by atoms with van der Waals surface area (Å²) in [5.41, 5.74) is 0.667. The normalized spacial score (nSPS) is 10.0. The topological polar surface area (TPSA) is 69.6 Å². The van der Waals surface area contributed by atoms with Crippen LogP contribution in [0.1, 0.15) is 10.4 Å². The Morgan fingerprint density at radius 2 is 1.81 bits per heavy atom. The van der Waals surface area contributed by atoms with Gasteiger partial charge in [0.15, 0.2) is 0 Å². The lowest BCUT2D eigenvalue weighted by atomic mass is 10.2. The van der Waals surface area contributed by atoms with Gasteiger partial charge in [-0.3, -0.25) is 9.59 Å². The number of carbonyl (C=O) groups excluding carboxylic acids is 1. The standard InChI is InChI=1S/C15H16N2O4/c1-17-9-12(13(21-3)8-14(17)18)15(19)16-10-4-6-11(20-2)7-5-10/h4-9H,1-3H3,(H,16,19).